The summed E-state index contributed by atoms with van der Waals surface area (Å²) in [6.07, 6.45) is 4.54. The Morgan fingerprint density at radius 2 is 0.944 bits per heavy atom. The van der Waals surface area contributed by atoms with Crippen LogP contribution in [0.1, 0.15) is 53.4 Å². The van der Waals surface area contributed by atoms with Crippen LogP contribution in [-0.2, 0) is 0 Å². The number of hydrogen-bond donors (Lipinski definition) is 2. The molecule has 0 atom stereocenters. The summed E-state index contributed by atoms with van der Waals surface area (Å²) >= 11 is 0. The van der Waals surface area contributed by atoms with E-state index in [0.29, 0.717) is 0 Å². The summed E-state index contributed by atoms with van der Waals surface area (Å²) in [5, 5.41) is 19.5. The number of aliphatic hydroxyl groups is 2. The first kappa shape index (κ1) is 17.8. The van der Waals surface area contributed by atoms with Crippen LogP contribution in [0, 0.1) is 0 Å². The molecule has 0 aliphatic heterocycles. The Kier molecular flexibility index (Phi) is 7.37. The third kappa shape index (κ3) is 8.03. The van der Waals surface area contributed by atoms with E-state index < -0.39 is 11.4 Å². The molecule has 0 aromatic carbocycles. The zero-order valence-corrected chi connectivity index (χ0v) is 13.0. The molecule has 0 fully saturated rings. The van der Waals surface area contributed by atoms with E-state index in [1.54, 1.807) is 0 Å². The second kappa shape index (κ2) is 7.43. The molecule has 0 aliphatic rings. The van der Waals surface area contributed by atoms with Gasteiger partial charge >= 0.3 is 0 Å². The molecule has 0 aliphatic carbocycles. The summed E-state index contributed by atoms with van der Waals surface area (Å²) in [7, 11) is 3.89. The zero-order valence-electron chi connectivity index (χ0n) is 13.0. The lowest BCUT2D eigenvalue weighted by Gasteiger charge is -2.31. The van der Waals surface area contributed by atoms with Gasteiger partial charge in [0.1, 0.15) is 11.4 Å². The van der Waals surface area contributed by atoms with Crippen LogP contribution in [0.5, 0.6) is 0 Å². The standard InChI is InChI=1S/C14H32N2O2/c1-13(2,17)15(5)11-9-7-8-10-12-16(6)14(3,4)18/h17-18H,7-12H2,1-6H3. The highest BCUT2D eigenvalue weighted by molar-refractivity contribution is 4.66. The Balaban J connectivity index is 3.53. The van der Waals surface area contributed by atoms with E-state index in [9.17, 15) is 10.2 Å². The van der Waals surface area contributed by atoms with Gasteiger partial charge in [-0.15, -0.1) is 0 Å². The maximum absolute atomic E-state index is 9.74. The Morgan fingerprint density at radius 1 is 0.667 bits per heavy atom. The minimum absolute atomic E-state index is 0.721. The Labute approximate surface area is 113 Å². The largest absolute Gasteiger partial charge is 0.376 e. The molecule has 0 bridgehead atoms. The first-order valence-corrected chi connectivity index (χ1v) is 6.92. The summed E-state index contributed by atoms with van der Waals surface area (Å²) < 4.78 is 0. The molecule has 0 amide bonds. The van der Waals surface area contributed by atoms with Crippen LogP contribution in [0.3, 0.4) is 0 Å². The first-order chi connectivity index (χ1) is 8.05. The quantitative estimate of drug-likeness (QED) is 0.491. The zero-order chi connectivity index (χ0) is 14.4. The van der Waals surface area contributed by atoms with Gasteiger partial charge < -0.3 is 10.2 Å². The third-order valence-electron chi connectivity index (χ3n) is 3.61. The molecule has 0 aromatic heterocycles. The maximum atomic E-state index is 9.74. The summed E-state index contributed by atoms with van der Waals surface area (Å²) in [4.78, 5) is 3.94. The van der Waals surface area contributed by atoms with Gasteiger partial charge in [0.2, 0.25) is 0 Å². The molecule has 2 N–H and O–H groups in total. The van der Waals surface area contributed by atoms with E-state index >= 15 is 0 Å². The van der Waals surface area contributed by atoms with Crippen molar-refractivity contribution in [2.24, 2.45) is 0 Å². The Hall–Kier alpha value is -0.160. The van der Waals surface area contributed by atoms with Crippen molar-refractivity contribution in [2.75, 3.05) is 27.2 Å². The van der Waals surface area contributed by atoms with Crippen molar-refractivity contribution in [3.05, 3.63) is 0 Å². The van der Waals surface area contributed by atoms with Crippen molar-refractivity contribution in [3.8, 4) is 0 Å². The lowest BCUT2D eigenvalue weighted by atomic mass is 10.1. The van der Waals surface area contributed by atoms with E-state index in [0.717, 1.165) is 25.9 Å². The van der Waals surface area contributed by atoms with Crippen molar-refractivity contribution in [2.45, 2.75) is 64.8 Å². The van der Waals surface area contributed by atoms with Crippen molar-refractivity contribution in [1.29, 1.82) is 0 Å². The van der Waals surface area contributed by atoms with Gasteiger partial charge in [0.15, 0.2) is 0 Å². The van der Waals surface area contributed by atoms with Gasteiger partial charge in [0.25, 0.3) is 0 Å². The normalized spacial score (nSPS) is 13.7. The average Bonchev–Trinajstić information content (AvgIpc) is 2.19. The highest BCUT2D eigenvalue weighted by Gasteiger charge is 2.19. The van der Waals surface area contributed by atoms with Gasteiger partial charge in [-0.3, -0.25) is 9.80 Å². The number of rotatable bonds is 9. The Bertz CT molecular complexity index is 195. The van der Waals surface area contributed by atoms with Crippen LogP contribution in [0.2, 0.25) is 0 Å². The highest BCUT2D eigenvalue weighted by Crippen LogP contribution is 2.11. The van der Waals surface area contributed by atoms with Crippen molar-refractivity contribution in [1.82, 2.24) is 9.80 Å². The molecule has 18 heavy (non-hydrogen) atoms. The Morgan fingerprint density at radius 3 is 1.17 bits per heavy atom. The lowest BCUT2D eigenvalue weighted by Crippen LogP contribution is -2.41. The molecule has 0 saturated carbocycles. The molecular weight excluding hydrogens is 228 g/mol. The number of nitrogens with zero attached hydrogens (tertiary/aromatic N) is 2. The molecule has 0 heterocycles. The molecule has 0 radical (unpaired) electrons. The highest BCUT2D eigenvalue weighted by atomic mass is 16.3. The van der Waals surface area contributed by atoms with Crippen molar-refractivity contribution >= 4 is 0 Å². The van der Waals surface area contributed by atoms with Gasteiger partial charge in [0, 0.05) is 13.1 Å². The fraction of sp³-hybridized carbons (Fsp3) is 1.00. The van der Waals surface area contributed by atoms with Crippen LogP contribution in [-0.4, -0.2) is 58.6 Å². The topological polar surface area (TPSA) is 46.9 Å². The lowest BCUT2D eigenvalue weighted by molar-refractivity contribution is -0.0655. The predicted molar refractivity (Wildman–Crippen MR) is 76.3 cm³/mol. The fourth-order valence-electron chi connectivity index (χ4n) is 1.60. The first-order valence-electron chi connectivity index (χ1n) is 6.92. The molecule has 0 aromatic rings. The molecule has 4 heteroatoms. The van der Waals surface area contributed by atoms with E-state index in [4.69, 9.17) is 0 Å². The summed E-state index contributed by atoms with van der Waals surface area (Å²) in [6.45, 7) is 9.09. The van der Waals surface area contributed by atoms with Gasteiger partial charge in [0.05, 0.1) is 0 Å². The van der Waals surface area contributed by atoms with Crippen LogP contribution in [0.25, 0.3) is 0 Å². The van der Waals surface area contributed by atoms with Crippen molar-refractivity contribution < 1.29 is 10.2 Å². The van der Waals surface area contributed by atoms with Crippen LogP contribution < -0.4 is 0 Å². The van der Waals surface area contributed by atoms with E-state index in [1.807, 2.05) is 51.6 Å². The minimum atomic E-state index is -0.721. The molecule has 4 nitrogen and oxygen atoms in total. The predicted octanol–water partition coefficient (Wildman–Crippen LogP) is 1.87. The molecular formula is C14H32N2O2. The average molecular weight is 260 g/mol. The van der Waals surface area contributed by atoms with Crippen LogP contribution in [0.4, 0.5) is 0 Å². The van der Waals surface area contributed by atoms with E-state index in [1.165, 1.54) is 12.8 Å². The maximum Gasteiger partial charge on any atom is 0.112 e. The smallest absolute Gasteiger partial charge is 0.112 e. The summed E-state index contributed by atoms with van der Waals surface area (Å²) in [6, 6.07) is 0. The monoisotopic (exact) mass is 260 g/mol. The SMILES string of the molecule is CN(CCCCCCN(C)C(C)(C)O)C(C)(C)O. The third-order valence-corrected chi connectivity index (χ3v) is 3.61. The number of hydrogen-bond acceptors (Lipinski definition) is 4. The van der Waals surface area contributed by atoms with Crippen LogP contribution in [0.15, 0.2) is 0 Å². The van der Waals surface area contributed by atoms with Crippen LogP contribution >= 0.6 is 0 Å². The van der Waals surface area contributed by atoms with Gasteiger partial charge in [-0.1, -0.05) is 12.8 Å². The van der Waals surface area contributed by atoms with Crippen molar-refractivity contribution in [3.63, 3.8) is 0 Å². The van der Waals surface area contributed by atoms with E-state index in [-0.39, 0.29) is 0 Å². The van der Waals surface area contributed by atoms with Gasteiger partial charge in [-0.2, -0.15) is 0 Å². The molecule has 110 valence electrons. The van der Waals surface area contributed by atoms with Gasteiger partial charge in [-0.25, -0.2) is 0 Å². The summed E-state index contributed by atoms with van der Waals surface area (Å²) in [5.74, 6) is 0. The van der Waals surface area contributed by atoms with E-state index in [2.05, 4.69) is 0 Å². The van der Waals surface area contributed by atoms with Gasteiger partial charge in [-0.05, 0) is 54.6 Å². The molecule has 0 unspecified atom stereocenters. The second-order valence-corrected chi connectivity index (χ2v) is 6.25. The summed E-state index contributed by atoms with van der Waals surface area (Å²) in [5.41, 5.74) is -1.44. The molecule has 0 saturated heterocycles. The molecule has 0 rings (SSSR count). The fourth-order valence-corrected chi connectivity index (χ4v) is 1.60. The number of unbranched alkanes of at least 4 members (excludes halogenated alkanes) is 3. The minimum Gasteiger partial charge on any atom is -0.376 e. The second-order valence-electron chi connectivity index (χ2n) is 6.25. The molecule has 0 spiro atoms.